The molecular weight excluding hydrogens is 458 g/mol. The van der Waals surface area contributed by atoms with Crippen LogP contribution in [0.15, 0.2) is 63.7 Å². The molecule has 0 aliphatic carbocycles. The van der Waals surface area contributed by atoms with Crippen molar-refractivity contribution in [2.75, 3.05) is 0 Å². The zero-order chi connectivity index (χ0) is 22.8. The first kappa shape index (κ1) is 23.4. The molecule has 0 aliphatic rings. The van der Waals surface area contributed by atoms with Crippen molar-refractivity contribution in [1.82, 2.24) is 10.0 Å². The predicted molar refractivity (Wildman–Crippen MR) is 120 cm³/mol. The number of hydrogen-bond acceptors (Lipinski definition) is 6. The van der Waals surface area contributed by atoms with Crippen LogP contribution < -0.4 is 15.2 Å². The van der Waals surface area contributed by atoms with Crippen molar-refractivity contribution in [1.29, 1.82) is 0 Å². The zero-order valence-corrected chi connectivity index (χ0v) is 19.4. The van der Waals surface area contributed by atoms with Crippen molar-refractivity contribution in [2.24, 2.45) is 11.1 Å². The maximum absolute atomic E-state index is 12.9. The molecule has 1 unspecified atom stereocenters. The number of carbonyl (C=O) groups excluding carboxylic acids is 1. The van der Waals surface area contributed by atoms with E-state index in [2.05, 4.69) is 10.0 Å². The molecule has 166 valence electrons. The number of sulfonamides is 2. The van der Waals surface area contributed by atoms with Gasteiger partial charge >= 0.3 is 0 Å². The van der Waals surface area contributed by atoms with E-state index in [1.807, 2.05) is 24.3 Å². The summed E-state index contributed by atoms with van der Waals surface area (Å²) in [5.74, 6) is -0.830. The van der Waals surface area contributed by atoms with Crippen molar-refractivity contribution in [2.45, 2.75) is 35.5 Å². The fraction of sp³-hybridized carbons (Fsp3) is 0.250. The monoisotopic (exact) mass is 481 g/mol. The van der Waals surface area contributed by atoms with Gasteiger partial charge in [-0.2, -0.15) is 4.72 Å². The number of thiophene rings is 1. The second-order valence-electron chi connectivity index (χ2n) is 7.34. The number of hydrogen-bond donors (Lipinski definition) is 3. The summed E-state index contributed by atoms with van der Waals surface area (Å²) in [5.41, 5.74) is 0. The Bertz CT molecular complexity index is 1310. The maximum atomic E-state index is 12.9. The molecule has 1 aromatic heterocycles. The van der Waals surface area contributed by atoms with Crippen LogP contribution in [-0.2, 0) is 31.4 Å². The number of amides is 1. The summed E-state index contributed by atoms with van der Waals surface area (Å²) in [6, 6.07) is 14.1. The quantitative estimate of drug-likeness (QED) is 0.453. The molecule has 1 atom stereocenters. The molecule has 2 aromatic carbocycles. The molecule has 0 saturated heterocycles. The summed E-state index contributed by atoms with van der Waals surface area (Å²) in [5, 5.41) is 9.44. The van der Waals surface area contributed by atoms with E-state index in [0.29, 0.717) is 4.88 Å². The summed E-state index contributed by atoms with van der Waals surface area (Å²) >= 11 is 0.947. The molecule has 1 heterocycles. The predicted octanol–water partition coefficient (Wildman–Crippen LogP) is 2.17. The second-order valence-corrected chi connectivity index (χ2v) is 12.0. The lowest BCUT2D eigenvalue weighted by Gasteiger charge is -2.21. The lowest BCUT2D eigenvalue weighted by molar-refractivity contribution is -0.123. The van der Waals surface area contributed by atoms with E-state index < -0.39 is 32.0 Å². The van der Waals surface area contributed by atoms with Crippen molar-refractivity contribution in [3.8, 4) is 0 Å². The Hall–Kier alpha value is -2.31. The van der Waals surface area contributed by atoms with Crippen molar-refractivity contribution >= 4 is 48.1 Å². The SMILES string of the molecule is CC(C)C(NS(=O)(=O)c1ccc2ccccc2c1)C(=O)NCc1ccc(S(N)(=O)=O)s1. The lowest BCUT2D eigenvalue weighted by Crippen LogP contribution is -2.49. The molecule has 0 saturated carbocycles. The average molecular weight is 482 g/mol. The van der Waals surface area contributed by atoms with Gasteiger partial charge in [-0.3, -0.25) is 4.79 Å². The van der Waals surface area contributed by atoms with E-state index in [4.69, 9.17) is 5.14 Å². The molecular formula is C20H23N3O5S3. The highest BCUT2D eigenvalue weighted by Crippen LogP contribution is 2.21. The highest BCUT2D eigenvalue weighted by atomic mass is 32.2. The molecule has 11 heteroatoms. The number of nitrogens with one attached hydrogen (secondary N) is 2. The summed E-state index contributed by atoms with van der Waals surface area (Å²) in [4.78, 5) is 13.4. The maximum Gasteiger partial charge on any atom is 0.247 e. The molecule has 0 radical (unpaired) electrons. The van der Waals surface area contributed by atoms with Crippen molar-refractivity contribution < 1.29 is 21.6 Å². The third kappa shape index (κ3) is 5.69. The Morgan fingerprint density at radius 1 is 1.00 bits per heavy atom. The number of nitrogens with two attached hydrogens (primary N) is 1. The number of benzene rings is 2. The molecule has 3 rings (SSSR count). The van der Waals surface area contributed by atoms with Crippen LogP contribution >= 0.6 is 11.3 Å². The van der Waals surface area contributed by atoms with Gasteiger partial charge < -0.3 is 5.32 Å². The number of rotatable bonds is 8. The van der Waals surface area contributed by atoms with Gasteiger partial charge in [-0.1, -0.05) is 44.2 Å². The van der Waals surface area contributed by atoms with Crippen LogP contribution in [0, 0.1) is 5.92 Å². The Balaban J connectivity index is 1.74. The standard InChI is InChI=1S/C20H23N3O5S3/c1-13(2)19(20(24)22-12-16-8-10-18(29-16)30(21,25)26)23-31(27,28)17-9-7-14-5-3-4-6-15(14)11-17/h3-11,13,19,23H,12H2,1-2H3,(H,22,24)(H2,21,25,26). The van der Waals surface area contributed by atoms with E-state index in [1.54, 1.807) is 32.0 Å². The van der Waals surface area contributed by atoms with Gasteiger partial charge in [-0.15, -0.1) is 11.3 Å². The Kier molecular flexibility index (Phi) is 6.82. The minimum Gasteiger partial charge on any atom is -0.350 e. The number of carbonyl (C=O) groups is 1. The van der Waals surface area contributed by atoms with Gasteiger partial charge in [-0.05, 0) is 41.0 Å². The van der Waals surface area contributed by atoms with Gasteiger partial charge in [0.05, 0.1) is 11.4 Å². The number of fused-ring (bicyclic) bond motifs is 1. The first-order valence-electron chi connectivity index (χ1n) is 9.38. The van der Waals surface area contributed by atoms with Gasteiger partial charge in [-0.25, -0.2) is 22.0 Å². The summed E-state index contributed by atoms with van der Waals surface area (Å²) in [7, 11) is -7.75. The van der Waals surface area contributed by atoms with Crippen LogP contribution in [0.25, 0.3) is 10.8 Å². The van der Waals surface area contributed by atoms with E-state index in [1.165, 1.54) is 12.1 Å². The number of primary sulfonamides is 1. The normalized spacial score (nSPS) is 13.4. The van der Waals surface area contributed by atoms with Crippen LogP contribution in [0.5, 0.6) is 0 Å². The molecule has 0 spiro atoms. The summed E-state index contributed by atoms with van der Waals surface area (Å²) in [6.45, 7) is 3.52. The molecule has 0 aliphatic heterocycles. The molecule has 31 heavy (non-hydrogen) atoms. The molecule has 1 amide bonds. The topological polar surface area (TPSA) is 135 Å². The fourth-order valence-electron chi connectivity index (χ4n) is 2.95. The van der Waals surface area contributed by atoms with Crippen LogP contribution in [0.2, 0.25) is 0 Å². The Morgan fingerprint density at radius 3 is 2.29 bits per heavy atom. The van der Waals surface area contributed by atoms with E-state index in [-0.39, 0.29) is 21.6 Å². The third-order valence-corrected chi connectivity index (χ3v) is 8.58. The third-order valence-electron chi connectivity index (χ3n) is 4.62. The molecule has 8 nitrogen and oxygen atoms in total. The van der Waals surface area contributed by atoms with Crippen LogP contribution in [0.3, 0.4) is 0 Å². The smallest absolute Gasteiger partial charge is 0.247 e. The highest BCUT2D eigenvalue weighted by molar-refractivity contribution is 7.91. The van der Waals surface area contributed by atoms with Crippen LogP contribution in [-0.4, -0.2) is 28.8 Å². The second kappa shape index (κ2) is 9.05. The largest absolute Gasteiger partial charge is 0.350 e. The van der Waals surface area contributed by atoms with Gasteiger partial charge in [0, 0.05) is 4.88 Å². The van der Waals surface area contributed by atoms with E-state index >= 15 is 0 Å². The van der Waals surface area contributed by atoms with Crippen LogP contribution in [0.4, 0.5) is 0 Å². The average Bonchev–Trinajstić information content (AvgIpc) is 3.19. The fourth-order valence-corrected chi connectivity index (χ4v) is 6.05. The van der Waals surface area contributed by atoms with Gasteiger partial charge in [0.1, 0.15) is 10.3 Å². The summed E-state index contributed by atoms with van der Waals surface area (Å²) < 4.78 is 51.1. The lowest BCUT2D eigenvalue weighted by atomic mass is 10.1. The van der Waals surface area contributed by atoms with Gasteiger partial charge in [0.2, 0.25) is 26.0 Å². The Labute approximate surface area is 185 Å². The summed E-state index contributed by atoms with van der Waals surface area (Å²) in [6.07, 6.45) is 0. The first-order chi connectivity index (χ1) is 14.5. The van der Waals surface area contributed by atoms with Gasteiger partial charge in [0.25, 0.3) is 0 Å². The van der Waals surface area contributed by atoms with E-state index in [9.17, 15) is 21.6 Å². The molecule has 0 fully saturated rings. The zero-order valence-electron chi connectivity index (χ0n) is 16.9. The minimum atomic E-state index is -3.94. The highest BCUT2D eigenvalue weighted by Gasteiger charge is 2.28. The minimum absolute atomic E-state index is 0.00540. The van der Waals surface area contributed by atoms with Gasteiger partial charge in [0.15, 0.2) is 0 Å². The van der Waals surface area contributed by atoms with Crippen LogP contribution in [0.1, 0.15) is 18.7 Å². The van der Waals surface area contributed by atoms with Crippen molar-refractivity contribution in [3.63, 3.8) is 0 Å². The van der Waals surface area contributed by atoms with E-state index in [0.717, 1.165) is 22.1 Å². The molecule has 3 aromatic rings. The van der Waals surface area contributed by atoms with Crippen molar-refractivity contribution in [3.05, 3.63) is 59.5 Å². The molecule has 4 N–H and O–H groups in total. The first-order valence-corrected chi connectivity index (χ1v) is 13.2. The molecule has 0 bridgehead atoms. The Morgan fingerprint density at radius 2 is 1.68 bits per heavy atom.